The molecule has 0 saturated carbocycles. The largest absolute Gasteiger partial charge is 0.467 e. The molecular formula is C28H28Br2O6. The fraction of sp³-hybridized carbons (Fsp3) is 0.286. The summed E-state index contributed by atoms with van der Waals surface area (Å²) >= 11 is 7.19. The van der Waals surface area contributed by atoms with Crippen LogP contribution in [-0.4, -0.2) is 54.2 Å². The highest BCUT2D eigenvalue weighted by molar-refractivity contribution is 9.10. The molecule has 0 fully saturated rings. The van der Waals surface area contributed by atoms with E-state index < -0.39 is 0 Å². The van der Waals surface area contributed by atoms with Gasteiger partial charge in [-0.15, -0.1) is 0 Å². The van der Waals surface area contributed by atoms with E-state index in [9.17, 15) is 0 Å². The van der Waals surface area contributed by atoms with E-state index in [0.29, 0.717) is 37.9 Å². The Morgan fingerprint density at radius 2 is 1.00 bits per heavy atom. The van der Waals surface area contributed by atoms with Crippen LogP contribution in [-0.2, 0) is 18.9 Å². The van der Waals surface area contributed by atoms with E-state index in [2.05, 4.69) is 56.1 Å². The van der Waals surface area contributed by atoms with Crippen molar-refractivity contribution < 1.29 is 28.4 Å². The highest BCUT2D eigenvalue weighted by Crippen LogP contribution is 2.46. The molecule has 0 amide bonds. The van der Waals surface area contributed by atoms with Crippen LogP contribution in [0.15, 0.2) is 69.6 Å². The second-order valence-corrected chi connectivity index (χ2v) is 9.77. The SMILES string of the molecule is COCCOCOc1ccc2cc(Br)ccc2c1-c1c(OCOCCOC)ccc2cc(Br)ccc12. The Balaban J connectivity index is 1.84. The minimum Gasteiger partial charge on any atom is -0.467 e. The second kappa shape index (κ2) is 13.4. The summed E-state index contributed by atoms with van der Waals surface area (Å²) in [6, 6.07) is 20.5. The third-order valence-corrected chi connectivity index (χ3v) is 6.58. The van der Waals surface area contributed by atoms with Crippen molar-refractivity contribution in [3.63, 3.8) is 0 Å². The van der Waals surface area contributed by atoms with E-state index in [1.165, 1.54) is 0 Å². The van der Waals surface area contributed by atoms with E-state index in [1.54, 1.807) is 14.2 Å². The van der Waals surface area contributed by atoms with Crippen LogP contribution in [0, 0.1) is 0 Å². The van der Waals surface area contributed by atoms with Crippen molar-refractivity contribution in [3.8, 4) is 22.6 Å². The Morgan fingerprint density at radius 3 is 1.42 bits per heavy atom. The van der Waals surface area contributed by atoms with Gasteiger partial charge in [-0.05, 0) is 57.9 Å². The van der Waals surface area contributed by atoms with Crippen molar-refractivity contribution in [2.45, 2.75) is 0 Å². The summed E-state index contributed by atoms with van der Waals surface area (Å²) in [5.41, 5.74) is 1.85. The molecule has 0 aromatic heterocycles. The first-order valence-corrected chi connectivity index (χ1v) is 13.0. The van der Waals surface area contributed by atoms with E-state index in [4.69, 9.17) is 28.4 Å². The van der Waals surface area contributed by atoms with Gasteiger partial charge in [0.2, 0.25) is 0 Å². The molecule has 36 heavy (non-hydrogen) atoms. The minimum atomic E-state index is 0.102. The van der Waals surface area contributed by atoms with Crippen LogP contribution in [0.1, 0.15) is 0 Å². The molecule has 4 rings (SSSR count). The first-order chi connectivity index (χ1) is 17.6. The maximum absolute atomic E-state index is 6.16. The number of fused-ring (bicyclic) bond motifs is 2. The molecule has 6 nitrogen and oxygen atoms in total. The van der Waals surface area contributed by atoms with Gasteiger partial charge >= 0.3 is 0 Å². The van der Waals surface area contributed by atoms with Crippen LogP contribution in [0.25, 0.3) is 32.7 Å². The fourth-order valence-corrected chi connectivity index (χ4v) is 4.69. The molecule has 0 heterocycles. The van der Waals surface area contributed by atoms with Gasteiger partial charge < -0.3 is 28.4 Å². The average molecular weight is 620 g/mol. The van der Waals surface area contributed by atoms with Gasteiger partial charge in [-0.25, -0.2) is 0 Å². The summed E-state index contributed by atoms with van der Waals surface area (Å²) in [5.74, 6) is 1.39. The summed E-state index contributed by atoms with van der Waals surface area (Å²) in [7, 11) is 3.28. The molecule has 190 valence electrons. The Hall–Kier alpha value is -2.20. The van der Waals surface area contributed by atoms with Crippen LogP contribution in [0.2, 0.25) is 0 Å². The zero-order valence-electron chi connectivity index (χ0n) is 20.2. The zero-order valence-corrected chi connectivity index (χ0v) is 23.4. The number of rotatable bonds is 13. The van der Waals surface area contributed by atoms with Crippen molar-refractivity contribution in [2.75, 3.05) is 54.2 Å². The summed E-state index contributed by atoms with van der Waals surface area (Å²) in [6.45, 7) is 2.10. The third-order valence-electron chi connectivity index (χ3n) is 5.60. The Kier molecular flexibility index (Phi) is 9.98. The van der Waals surface area contributed by atoms with Crippen LogP contribution >= 0.6 is 31.9 Å². The molecule has 0 aliphatic carbocycles. The van der Waals surface area contributed by atoms with Crippen molar-refractivity contribution in [1.29, 1.82) is 0 Å². The van der Waals surface area contributed by atoms with Crippen molar-refractivity contribution in [1.82, 2.24) is 0 Å². The Morgan fingerprint density at radius 1 is 0.556 bits per heavy atom. The molecule has 0 bridgehead atoms. The number of hydrogen-bond acceptors (Lipinski definition) is 6. The molecule has 4 aromatic carbocycles. The normalized spacial score (nSPS) is 11.3. The number of hydrogen-bond donors (Lipinski definition) is 0. The number of methoxy groups -OCH3 is 2. The molecule has 0 radical (unpaired) electrons. The van der Waals surface area contributed by atoms with E-state index in [0.717, 1.165) is 41.6 Å². The van der Waals surface area contributed by atoms with Crippen LogP contribution < -0.4 is 9.47 Å². The lowest BCUT2D eigenvalue weighted by Crippen LogP contribution is -2.09. The summed E-state index contributed by atoms with van der Waals surface area (Å²) in [6.07, 6.45) is 0. The van der Waals surface area contributed by atoms with Gasteiger partial charge in [-0.3, -0.25) is 0 Å². The summed E-state index contributed by atoms with van der Waals surface area (Å²) in [4.78, 5) is 0. The van der Waals surface area contributed by atoms with Crippen LogP contribution in [0.4, 0.5) is 0 Å². The smallest absolute Gasteiger partial charge is 0.189 e. The van der Waals surface area contributed by atoms with Gasteiger partial charge in [-0.1, -0.05) is 56.1 Å². The topological polar surface area (TPSA) is 55.4 Å². The van der Waals surface area contributed by atoms with Crippen molar-refractivity contribution in [3.05, 3.63) is 69.6 Å². The molecule has 0 aliphatic heterocycles. The molecule has 0 spiro atoms. The fourth-order valence-electron chi connectivity index (χ4n) is 3.93. The highest BCUT2D eigenvalue weighted by atomic mass is 79.9. The van der Waals surface area contributed by atoms with Gasteiger partial charge in [0.15, 0.2) is 13.6 Å². The summed E-state index contributed by atoms with van der Waals surface area (Å²) < 4.78 is 35.7. The lowest BCUT2D eigenvalue weighted by Gasteiger charge is -2.20. The first kappa shape index (κ1) is 26.9. The lowest BCUT2D eigenvalue weighted by atomic mass is 9.92. The van der Waals surface area contributed by atoms with Gasteiger partial charge in [0, 0.05) is 34.3 Å². The van der Waals surface area contributed by atoms with Gasteiger partial charge in [0.1, 0.15) is 11.5 Å². The zero-order chi connectivity index (χ0) is 25.3. The molecule has 0 saturated heterocycles. The molecule has 0 atom stereocenters. The molecule has 4 aromatic rings. The Labute approximate surface area is 227 Å². The Bertz CT molecular complexity index is 1210. The monoisotopic (exact) mass is 618 g/mol. The maximum Gasteiger partial charge on any atom is 0.189 e. The number of benzene rings is 4. The van der Waals surface area contributed by atoms with Gasteiger partial charge in [0.25, 0.3) is 0 Å². The standard InChI is InChI=1S/C28H28Br2O6/c1-31-11-13-33-17-35-25-9-3-19-15-21(29)5-7-23(19)27(25)28-24-8-6-22(30)16-20(24)4-10-26(28)36-18-34-14-12-32-2/h3-10,15-16H,11-14,17-18H2,1-2H3. The first-order valence-electron chi connectivity index (χ1n) is 11.5. The molecule has 8 heteroatoms. The van der Waals surface area contributed by atoms with Gasteiger partial charge in [0.05, 0.1) is 26.4 Å². The molecule has 0 aliphatic rings. The number of ether oxygens (including phenoxy) is 6. The molecule has 0 unspecified atom stereocenters. The third kappa shape index (κ3) is 6.56. The van der Waals surface area contributed by atoms with Crippen LogP contribution in [0.3, 0.4) is 0 Å². The number of halogens is 2. The summed E-state index contributed by atoms with van der Waals surface area (Å²) in [5, 5.41) is 4.22. The quantitative estimate of drug-likeness (QED) is 0.117. The van der Waals surface area contributed by atoms with Gasteiger partial charge in [-0.2, -0.15) is 0 Å². The minimum absolute atomic E-state index is 0.102. The maximum atomic E-state index is 6.16. The lowest BCUT2D eigenvalue weighted by molar-refractivity contribution is -0.00904. The molecular weight excluding hydrogens is 592 g/mol. The van der Waals surface area contributed by atoms with Crippen molar-refractivity contribution in [2.24, 2.45) is 0 Å². The molecule has 0 N–H and O–H groups in total. The van der Waals surface area contributed by atoms with Crippen LogP contribution in [0.5, 0.6) is 11.5 Å². The van der Waals surface area contributed by atoms with Crippen molar-refractivity contribution >= 4 is 53.4 Å². The van der Waals surface area contributed by atoms with E-state index in [-0.39, 0.29) is 13.6 Å². The predicted octanol–water partition coefficient (Wildman–Crippen LogP) is 7.18. The highest BCUT2D eigenvalue weighted by Gasteiger charge is 2.20. The predicted molar refractivity (Wildman–Crippen MR) is 149 cm³/mol. The average Bonchev–Trinajstić information content (AvgIpc) is 2.88. The van der Waals surface area contributed by atoms with E-state index in [1.807, 2.05) is 36.4 Å². The van der Waals surface area contributed by atoms with E-state index >= 15 is 0 Å². The second-order valence-electron chi connectivity index (χ2n) is 7.93.